The lowest BCUT2D eigenvalue weighted by Gasteiger charge is -2.13. The van der Waals surface area contributed by atoms with Crippen molar-refractivity contribution in [2.45, 2.75) is 27.2 Å². The molecule has 0 aliphatic carbocycles. The minimum atomic E-state index is -3.39. The van der Waals surface area contributed by atoms with Crippen LogP contribution in [0.1, 0.15) is 27.2 Å². The summed E-state index contributed by atoms with van der Waals surface area (Å²) in [6.07, 6.45) is 2.61. The lowest BCUT2D eigenvalue weighted by Crippen LogP contribution is -2.16. The number of anilines is 2. The number of sulfonamides is 1. The second-order valence-corrected chi connectivity index (χ2v) is 6.68. The van der Waals surface area contributed by atoms with Crippen molar-refractivity contribution in [1.82, 2.24) is 0 Å². The molecule has 1 amide bonds. The van der Waals surface area contributed by atoms with Gasteiger partial charge >= 0.3 is 0 Å². The molecule has 22 heavy (non-hydrogen) atoms. The Morgan fingerprint density at radius 3 is 2.55 bits per heavy atom. The summed E-state index contributed by atoms with van der Waals surface area (Å²) in [4.78, 5) is 11.9. The minimum Gasteiger partial charge on any atom is -0.494 e. The highest BCUT2D eigenvalue weighted by molar-refractivity contribution is 7.92. The van der Waals surface area contributed by atoms with Crippen LogP contribution in [0.5, 0.6) is 5.75 Å². The Kier molecular flexibility index (Phi) is 6.42. The van der Waals surface area contributed by atoms with Crippen LogP contribution in [0, 0.1) is 0 Å². The first-order valence-electron chi connectivity index (χ1n) is 6.99. The molecule has 0 bridgehead atoms. The number of nitrogens with one attached hydrogen (secondary N) is 2. The summed E-state index contributed by atoms with van der Waals surface area (Å²) in [6, 6.07) is 4.75. The van der Waals surface area contributed by atoms with Crippen molar-refractivity contribution in [3.63, 3.8) is 0 Å². The van der Waals surface area contributed by atoms with Gasteiger partial charge in [0.05, 0.1) is 18.6 Å². The van der Waals surface area contributed by atoms with E-state index in [4.69, 9.17) is 4.74 Å². The second-order valence-electron chi connectivity index (χ2n) is 4.67. The van der Waals surface area contributed by atoms with Gasteiger partial charge in [0.15, 0.2) is 0 Å². The molecule has 122 valence electrons. The van der Waals surface area contributed by atoms with Crippen LogP contribution < -0.4 is 14.8 Å². The normalized spacial score (nSPS) is 11.9. The average molecular weight is 326 g/mol. The SMILES string of the molecule is CC/C=C(/C)C(=O)Nc1ccc(NS(=O)(=O)CC)c(OC)c1. The first-order chi connectivity index (χ1) is 10.3. The number of carbonyl (C=O) groups excluding carboxylic acids is 1. The predicted octanol–water partition coefficient (Wildman–Crippen LogP) is 2.75. The van der Waals surface area contributed by atoms with E-state index in [1.165, 1.54) is 7.11 Å². The van der Waals surface area contributed by atoms with E-state index < -0.39 is 10.0 Å². The number of hydrogen-bond donors (Lipinski definition) is 2. The second kappa shape index (κ2) is 7.84. The molecular weight excluding hydrogens is 304 g/mol. The number of ether oxygens (including phenoxy) is 1. The smallest absolute Gasteiger partial charge is 0.250 e. The first-order valence-corrected chi connectivity index (χ1v) is 8.64. The minimum absolute atomic E-state index is 0.0321. The molecule has 0 aliphatic heterocycles. The maximum Gasteiger partial charge on any atom is 0.250 e. The number of allylic oxidation sites excluding steroid dienone is 1. The largest absolute Gasteiger partial charge is 0.494 e. The van der Waals surface area contributed by atoms with Crippen LogP contribution in [0.25, 0.3) is 0 Å². The summed E-state index contributed by atoms with van der Waals surface area (Å²) >= 11 is 0. The number of amides is 1. The van der Waals surface area contributed by atoms with Crippen LogP contribution in [0.3, 0.4) is 0 Å². The summed E-state index contributed by atoms with van der Waals surface area (Å²) in [7, 11) is -1.95. The molecule has 1 aromatic rings. The lowest BCUT2D eigenvalue weighted by atomic mass is 10.2. The molecule has 0 fully saturated rings. The van der Waals surface area contributed by atoms with Gasteiger partial charge in [-0.3, -0.25) is 9.52 Å². The Labute approximate surface area is 131 Å². The summed E-state index contributed by atoms with van der Waals surface area (Å²) in [5.74, 6) is 0.105. The van der Waals surface area contributed by atoms with Gasteiger partial charge in [-0.05, 0) is 32.4 Å². The highest BCUT2D eigenvalue weighted by Crippen LogP contribution is 2.29. The van der Waals surface area contributed by atoms with Crippen LogP contribution in [-0.2, 0) is 14.8 Å². The van der Waals surface area contributed by atoms with E-state index >= 15 is 0 Å². The van der Waals surface area contributed by atoms with Gasteiger partial charge in [0.1, 0.15) is 5.75 Å². The lowest BCUT2D eigenvalue weighted by molar-refractivity contribution is -0.112. The van der Waals surface area contributed by atoms with Gasteiger partial charge in [0.25, 0.3) is 5.91 Å². The molecule has 0 aromatic heterocycles. The Bertz CT molecular complexity index is 666. The fourth-order valence-electron chi connectivity index (χ4n) is 1.72. The van der Waals surface area contributed by atoms with Gasteiger partial charge in [-0.2, -0.15) is 0 Å². The van der Waals surface area contributed by atoms with E-state index in [0.717, 1.165) is 6.42 Å². The molecular formula is C15H22N2O4S. The van der Waals surface area contributed by atoms with Crippen molar-refractivity contribution in [3.8, 4) is 5.75 Å². The van der Waals surface area contributed by atoms with Crippen LogP contribution in [0.2, 0.25) is 0 Å². The third-order valence-corrected chi connectivity index (χ3v) is 4.26. The van der Waals surface area contributed by atoms with E-state index in [2.05, 4.69) is 10.0 Å². The Hall–Kier alpha value is -2.02. The number of hydrogen-bond acceptors (Lipinski definition) is 4. The van der Waals surface area contributed by atoms with E-state index in [0.29, 0.717) is 22.7 Å². The van der Waals surface area contributed by atoms with Crippen LogP contribution in [0.15, 0.2) is 29.8 Å². The molecule has 1 aromatic carbocycles. The fourth-order valence-corrected chi connectivity index (χ4v) is 2.37. The van der Waals surface area contributed by atoms with Crippen LogP contribution in [0.4, 0.5) is 11.4 Å². The highest BCUT2D eigenvalue weighted by atomic mass is 32.2. The molecule has 6 nitrogen and oxygen atoms in total. The molecule has 0 aliphatic rings. The molecule has 0 saturated heterocycles. The van der Waals surface area contributed by atoms with Crippen molar-refractivity contribution in [1.29, 1.82) is 0 Å². The number of carbonyl (C=O) groups is 1. The quantitative estimate of drug-likeness (QED) is 0.755. The number of rotatable bonds is 7. The Morgan fingerprint density at radius 2 is 2.00 bits per heavy atom. The maximum atomic E-state index is 11.9. The van der Waals surface area contributed by atoms with E-state index in [1.807, 2.05) is 13.0 Å². The Balaban J connectivity index is 2.98. The van der Waals surface area contributed by atoms with Crippen LogP contribution in [-0.4, -0.2) is 27.2 Å². The topological polar surface area (TPSA) is 84.5 Å². The maximum absolute atomic E-state index is 11.9. The zero-order valence-electron chi connectivity index (χ0n) is 13.3. The third-order valence-electron chi connectivity index (χ3n) is 2.97. The molecule has 0 spiro atoms. The van der Waals surface area contributed by atoms with Gasteiger partial charge < -0.3 is 10.1 Å². The molecule has 2 N–H and O–H groups in total. The third kappa shape index (κ3) is 5.07. The van der Waals surface area contributed by atoms with Gasteiger partial charge in [0.2, 0.25) is 10.0 Å². The summed E-state index contributed by atoms with van der Waals surface area (Å²) < 4.78 is 30.8. The fraction of sp³-hybridized carbons (Fsp3) is 0.400. The first kappa shape index (κ1) is 18.0. The molecule has 0 saturated carbocycles. The van der Waals surface area contributed by atoms with E-state index in [9.17, 15) is 13.2 Å². The monoisotopic (exact) mass is 326 g/mol. The molecule has 0 heterocycles. The van der Waals surface area contributed by atoms with Gasteiger partial charge in [-0.1, -0.05) is 13.0 Å². The van der Waals surface area contributed by atoms with Gasteiger partial charge in [-0.15, -0.1) is 0 Å². The molecule has 0 atom stereocenters. The van der Waals surface area contributed by atoms with Crippen molar-refractivity contribution >= 4 is 27.3 Å². The number of methoxy groups -OCH3 is 1. The summed E-state index contributed by atoms with van der Waals surface area (Å²) in [5.41, 5.74) is 1.49. The molecule has 0 radical (unpaired) electrons. The summed E-state index contributed by atoms with van der Waals surface area (Å²) in [6.45, 7) is 5.24. The Morgan fingerprint density at radius 1 is 1.32 bits per heavy atom. The molecule has 7 heteroatoms. The predicted molar refractivity (Wildman–Crippen MR) is 88.8 cm³/mol. The summed E-state index contributed by atoms with van der Waals surface area (Å²) in [5, 5.41) is 2.74. The van der Waals surface area contributed by atoms with Crippen molar-refractivity contribution in [2.24, 2.45) is 0 Å². The highest BCUT2D eigenvalue weighted by Gasteiger charge is 2.13. The standard InChI is InChI=1S/C15H22N2O4S/c1-5-7-11(3)15(18)16-12-8-9-13(14(10-12)21-4)17-22(19,20)6-2/h7-10,17H,5-6H2,1-4H3,(H,16,18)/b11-7-. The van der Waals surface area contributed by atoms with E-state index in [1.54, 1.807) is 32.0 Å². The number of benzene rings is 1. The van der Waals surface area contributed by atoms with Crippen LogP contribution >= 0.6 is 0 Å². The molecule has 1 rings (SSSR count). The zero-order chi connectivity index (χ0) is 16.8. The average Bonchev–Trinajstić information content (AvgIpc) is 2.48. The molecule has 0 unspecified atom stereocenters. The zero-order valence-corrected chi connectivity index (χ0v) is 14.1. The van der Waals surface area contributed by atoms with Crippen molar-refractivity contribution < 1.29 is 17.9 Å². The van der Waals surface area contributed by atoms with Crippen molar-refractivity contribution in [2.75, 3.05) is 22.9 Å². The van der Waals surface area contributed by atoms with E-state index in [-0.39, 0.29) is 11.7 Å². The van der Waals surface area contributed by atoms with Gasteiger partial charge in [-0.25, -0.2) is 8.42 Å². The van der Waals surface area contributed by atoms with Gasteiger partial charge in [0, 0.05) is 17.3 Å². The van der Waals surface area contributed by atoms with Crippen molar-refractivity contribution in [3.05, 3.63) is 29.8 Å².